The molecule has 2 aromatic rings. The molecule has 0 atom stereocenters. The van der Waals surface area contributed by atoms with Gasteiger partial charge in [0, 0.05) is 23.5 Å². The van der Waals surface area contributed by atoms with Crippen molar-refractivity contribution in [2.75, 3.05) is 19.5 Å². The van der Waals surface area contributed by atoms with E-state index in [2.05, 4.69) is 36.7 Å². The molecule has 1 N–H and O–H groups in total. The smallest absolute Gasteiger partial charge is 0.126 e. The monoisotopic (exact) mass is 241 g/mol. The third kappa shape index (κ3) is 3.14. The van der Waals surface area contributed by atoms with E-state index in [1.54, 1.807) is 19.3 Å². The van der Waals surface area contributed by atoms with Crippen molar-refractivity contribution < 1.29 is 4.74 Å². The summed E-state index contributed by atoms with van der Waals surface area (Å²) in [5, 5.41) is 5.50. The Bertz CT molecular complexity index is 482. The number of benzene rings is 2. The van der Waals surface area contributed by atoms with E-state index in [0.717, 1.165) is 16.8 Å². The number of hydrogen-bond acceptors (Lipinski definition) is 2. The number of rotatable bonds is 3. The maximum absolute atomic E-state index is 5.30. The maximum atomic E-state index is 5.30. The highest BCUT2D eigenvalue weighted by Gasteiger charge is 2.02. The molecule has 0 bridgehead atoms. The van der Waals surface area contributed by atoms with Gasteiger partial charge in [-0.2, -0.15) is 0 Å². The second kappa shape index (κ2) is 7.17. The van der Waals surface area contributed by atoms with Crippen LogP contribution in [-0.2, 0) is 0 Å². The van der Waals surface area contributed by atoms with Crippen molar-refractivity contribution in [1.29, 1.82) is 0 Å². The van der Waals surface area contributed by atoms with E-state index in [9.17, 15) is 0 Å². The van der Waals surface area contributed by atoms with E-state index in [4.69, 9.17) is 4.74 Å². The number of hydrogen-bond donors (Lipinski definition) is 1. The second-order valence-corrected chi connectivity index (χ2v) is 3.58. The Hall–Kier alpha value is -2.22. The van der Waals surface area contributed by atoms with E-state index in [1.165, 1.54) is 5.39 Å². The summed E-state index contributed by atoms with van der Waals surface area (Å²) in [5.41, 5.74) is 1.13. The van der Waals surface area contributed by atoms with Crippen LogP contribution in [0, 0.1) is 0 Å². The van der Waals surface area contributed by atoms with Gasteiger partial charge in [0.1, 0.15) is 5.75 Å². The maximum Gasteiger partial charge on any atom is 0.126 e. The molecule has 0 fully saturated rings. The molecule has 0 saturated heterocycles. The Morgan fingerprint density at radius 2 is 1.61 bits per heavy atom. The number of nitrogens with one attached hydrogen (secondary N) is 1. The normalized spacial score (nSPS) is 9.00. The summed E-state index contributed by atoms with van der Waals surface area (Å²) in [6, 6.07) is 12.2. The van der Waals surface area contributed by atoms with E-state index in [-0.39, 0.29) is 0 Å². The summed E-state index contributed by atoms with van der Waals surface area (Å²) in [6.45, 7) is 6.72. The van der Waals surface area contributed by atoms with Crippen molar-refractivity contribution in [3.63, 3.8) is 0 Å². The van der Waals surface area contributed by atoms with Crippen LogP contribution in [0.4, 0.5) is 5.69 Å². The van der Waals surface area contributed by atoms with Crippen LogP contribution in [0.2, 0.25) is 0 Å². The Morgan fingerprint density at radius 1 is 1.00 bits per heavy atom. The number of allylic oxidation sites excluding steroid dienone is 2. The van der Waals surface area contributed by atoms with Crippen LogP contribution in [0.3, 0.4) is 0 Å². The Labute approximate surface area is 109 Å². The first-order chi connectivity index (χ1) is 8.78. The zero-order chi connectivity index (χ0) is 13.4. The van der Waals surface area contributed by atoms with Crippen LogP contribution in [-0.4, -0.2) is 14.2 Å². The summed E-state index contributed by atoms with van der Waals surface area (Å²) >= 11 is 0. The van der Waals surface area contributed by atoms with Crippen molar-refractivity contribution in [3.8, 4) is 5.75 Å². The molecule has 0 spiro atoms. The average Bonchev–Trinajstić information content (AvgIpc) is 2.46. The number of ether oxygens (including phenoxy) is 1. The first kappa shape index (κ1) is 13.8. The van der Waals surface area contributed by atoms with Gasteiger partial charge in [-0.15, -0.1) is 0 Å². The van der Waals surface area contributed by atoms with E-state index in [0.29, 0.717) is 0 Å². The van der Waals surface area contributed by atoms with E-state index in [1.807, 2.05) is 25.2 Å². The van der Waals surface area contributed by atoms with Crippen LogP contribution in [0.5, 0.6) is 5.75 Å². The third-order valence-electron chi connectivity index (χ3n) is 2.54. The molecule has 0 aliphatic heterocycles. The van der Waals surface area contributed by atoms with Gasteiger partial charge in [-0.1, -0.05) is 49.6 Å². The summed E-state index contributed by atoms with van der Waals surface area (Å²) in [5.74, 6) is 0.916. The highest BCUT2D eigenvalue weighted by atomic mass is 16.5. The summed E-state index contributed by atoms with van der Waals surface area (Å²) in [6.07, 6.45) is 3.28. The van der Waals surface area contributed by atoms with Crippen molar-refractivity contribution in [2.24, 2.45) is 0 Å². The largest absolute Gasteiger partial charge is 0.496 e. The van der Waals surface area contributed by atoms with Gasteiger partial charge >= 0.3 is 0 Å². The fraction of sp³-hybridized carbons (Fsp3) is 0.125. The van der Waals surface area contributed by atoms with Crippen LogP contribution >= 0.6 is 0 Å². The molecule has 18 heavy (non-hydrogen) atoms. The van der Waals surface area contributed by atoms with Crippen LogP contribution < -0.4 is 10.1 Å². The Kier molecular flexibility index (Phi) is 5.52. The first-order valence-electron chi connectivity index (χ1n) is 5.75. The predicted octanol–water partition coefficient (Wildman–Crippen LogP) is 4.25. The topological polar surface area (TPSA) is 21.3 Å². The number of fused-ring (bicyclic) bond motifs is 1. The molecule has 0 radical (unpaired) electrons. The minimum absolute atomic E-state index is 0.916. The van der Waals surface area contributed by atoms with Gasteiger partial charge in [-0.05, 0) is 12.1 Å². The molecular weight excluding hydrogens is 222 g/mol. The number of anilines is 1. The van der Waals surface area contributed by atoms with Crippen molar-refractivity contribution in [1.82, 2.24) is 0 Å². The summed E-state index contributed by atoms with van der Waals surface area (Å²) < 4.78 is 5.30. The molecule has 0 amide bonds. The molecule has 0 saturated carbocycles. The lowest BCUT2D eigenvalue weighted by molar-refractivity contribution is 0.420. The minimum Gasteiger partial charge on any atom is -0.496 e. The second-order valence-electron chi connectivity index (χ2n) is 3.58. The first-order valence-corrected chi connectivity index (χ1v) is 5.75. The molecular formula is C16H19NO. The molecule has 2 rings (SSSR count). The zero-order valence-electron chi connectivity index (χ0n) is 10.9. The molecule has 0 heterocycles. The molecule has 0 aliphatic carbocycles. The summed E-state index contributed by atoms with van der Waals surface area (Å²) in [7, 11) is 3.62. The highest BCUT2D eigenvalue weighted by molar-refractivity contribution is 5.97. The Morgan fingerprint density at radius 3 is 2.17 bits per heavy atom. The molecule has 0 aromatic heterocycles. The van der Waals surface area contributed by atoms with Gasteiger partial charge in [-0.25, -0.2) is 0 Å². The summed E-state index contributed by atoms with van der Waals surface area (Å²) in [4.78, 5) is 0. The van der Waals surface area contributed by atoms with Gasteiger partial charge in [0.15, 0.2) is 0 Å². The van der Waals surface area contributed by atoms with Gasteiger partial charge in [0.25, 0.3) is 0 Å². The quantitative estimate of drug-likeness (QED) is 0.811. The minimum atomic E-state index is 0.916. The van der Waals surface area contributed by atoms with Crippen molar-refractivity contribution >= 4 is 16.5 Å². The third-order valence-corrected chi connectivity index (χ3v) is 2.54. The number of methoxy groups -OCH3 is 1. The highest BCUT2D eigenvalue weighted by Crippen LogP contribution is 2.29. The predicted molar refractivity (Wildman–Crippen MR) is 80.4 cm³/mol. The molecule has 2 aromatic carbocycles. The Balaban J connectivity index is 0.000000357. The SMILES string of the molecule is C=CC=C.CNc1cccc2c(OC)cccc12. The molecule has 2 heteroatoms. The standard InChI is InChI=1S/C12H13NO.C4H6/c1-13-11-7-3-6-10-9(11)5-4-8-12(10)14-2;1-3-4-2/h3-8,13H,1-2H3;3-4H,1-2H2. The van der Waals surface area contributed by atoms with Crippen molar-refractivity contribution in [3.05, 3.63) is 61.7 Å². The molecule has 0 aliphatic rings. The van der Waals surface area contributed by atoms with Gasteiger partial charge in [0.2, 0.25) is 0 Å². The lowest BCUT2D eigenvalue weighted by Crippen LogP contribution is -1.90. The average molecular weight is 241 g/mol. The fourth-order valence-corrected chi connectivity index (χ4v) is 1.68. The van der Waals surface area contributed by atoms with Gasteiger partial charge in [0.05, 0.1) is 7.11 Å². The van der Waals surface area contributed by atoms with E-state index < -0.39 is 0 Å². The van der Waals surface area contributed by atoms with Crippen LogP contribution in [0.1, 0.15) is 0 Å². The van der Waals surface area contributed by atoms with Crippen LogP contribution in [0.25, 0.3) is 10.8 Å². The lowest BCUT2D eigenvalue weighted by atomic mass is 10.1. The van der Waals surface area contributed by atoms with E-state index >= 15 is 0 Å². The zero-order valence-corrected chi connectivity index (χ0v) is 10.9. The molecule has 0 unspecified atom stereocenters. The van der Waals surface area contributed by atoms with Gasteiger partial charge in [-0.3, -0.25) is 0 Å². The van der Waals surface area contributed by atoms with Crippen molar-refractivity contribution in [2.45, 2.75) is 0 Å². The lowest BCUT2D eigenvalue weighted by Gasteiger charge is -2.08. The molecule has 94 valence electrons. The van der Waals surface area contributed by atoms with Gasteiger partial charge < -0.3 is 10.1 Å². The fourth-order valence-electron chi connectivity index (χ4n) is 1.68. The van der Waals surface area contributed by atoms with Crippen LogP contribution in [0.15, 0.2) is 61.7 Å². The molecule has 2 nitrogen and oxygen atoms in total.